The maximum atomic E-state index is 5.90. The predicted octanol–water partition coefficient (Wildman–Crippen LogP) is 3.49. The highest BCUT2D eigenvalue weighted by atomic mass is 14.9. The zero-order valence-corrected chi connectivity index (χ0v) is 11.8. The first kappa shape index (κ1) is 13.5. The third-order valence-electron chi connectivity index (χ3n) is 4.32. The Balaban J connectivity index is 2.08. The summed E-state index contributed by atoms with van der Waals surface area (Å²) in [7, 11) is 0. The fourth-order valence-corrected chi connectivity index (χ4v) is 2.97. The standard InChI is InChI=1S/C15H25N3/c1-4-12-5-7-13(8-6-12)15-17-9-14(10(2)16)11(3)18-15/h9-10,12-13H,4-8,16H2,1-3H3/t10-,12?,13?/m1/s1. The minimum absolute atomic E-state index is 0.0230. The van der Waals surface area contributed by atoms with E-state index < -0.39 is 0 Å². The Labute approximate surface area is 110 Å². The molecule has 1 heterocycles. The summed E-state index contributed by atoms with van der Waals surface area (Å²) in [4.78, 5) is 9.22. The van der Waals surface area contributed by atoms with Gasteiger partial charge in [-0.2, -0.15) is 0 Å². The molecule has 0 aliphatic heterocycles. The molecule has 1 saturated carbocycles. The van der Waals surface area contributed by atoms with Crippen LogP contribution in [0.2, 0.25) is 0 Å². The zero-order chi connectivity index (χ0) is 13.1. The number of aromatic nitrogens is 2. The van der Waals surface area contributed by atoms with Crippen molar-refractivity contribution in [1.29, 1.82) is 0 Å². The average molecular weight is 247 g/mol. The molecule has 0 radical (unpaired) electrons. The molecule has 1 aromatic rings. The maximum absolute atomic E-state index is 5.90. The molecule has 2 N–H and O–H groups in total. The molecule has 0 spiro atoms. The highest BCUT2D eigenvalue weighted by molar-refractivity contribution is 5.20. The van der Waals surface area contributed by atoms with Gasteiger partial charge in [0.15, 0.2) is 0 Å². The molecule has 0 saturated heterocycles. The summed E-state index contributed by atoms with van der Waals surface area (Å²) in [5.74, 6) is 2.52. The Bertz CT molecular complexity index is 393. The van der Waals surface area contributed by atoms with E-state index in [4.69, 9.17) is 5.73 Å². The third kappa shape index (κ3) is 2.89. The van der Waals surface area contributed by atoms with Crippen LogP contribution in [0, 0.1) is 12.8 Å². The number of aryl methyl sites for hydroxylation is 1. The lowest BCUT2D eigenvalue weighted by atomic mass is 9.80. The van der Waals surface area contributed by atoms with E-state index in [-0.39, 0.29) is 6.04 Å². The number of nitrogens with zero attached hydrogens (tertiary/aromatic N) is 2. The summed E-state index contributed by atoms with van der Waals surface area (Å²) in [6.45, 7) is 6.32. The van der Waals surface area contributed by atoms with Crippen molar-refractivity contribution in [3.05, 3.63) is 23.3 Å². The Morgan fingerprint density at radius 3 is 2.50 bits per heavy atom. The molecular weight excluding hydrogens is 222 g/mol. The van der Waals surface area contributed by atoms with Crippen molar-refractivity contribution >= 4 is 0 Å². The molecule has 100 valence electrons. The first-order valence-corrected chi connectivity index (χ1v) is 7.20. The van der Waals surface area contributed by atoms with Gasteiger partial charge >= 0.3 is 0 Å². The van der Waals surface area contributed by atoms with Gasteiger partial charge in [-0.05, 0) is 45.4 Å². The highest BCUT2D eigenvalue weighted by Gasteiger charge is 2.23. The second kappa shape index (κ2) is 5.79. The van der Waals surface area contributed by atoms with Crippen molar-refractivity contribution < 1.29 is 0 Å². The van der Waals surface area contributed by atoms with Crippen LogP contribution in [0.1, 0.15) is 75.0 Å². The molecule has 1 aromatic heterocycles. The molecule has 18 heavy (non-hydrogen) atoms. The smallest absolute Gasteiger partial charge is 0.131 e. The molecule has 0 bridgehead atoms. The second-order valence-corrected chi connectivity index (χ2v) is 5.68. The number of hydrogen-bond acceptors (Lipinski definition) is 3. The summed E-state index contributed by atoms with van der Waals surface area (Å²) in [5, 5.41) is 0. The Morgan fingerprint density at radius 1 is 1.33 bits per heavy atom. The van der Waals surface area contributed by atoms with Gasteiger partial charge < -0.3 is 5.73 Å². The van der Waals surface area contributed by atoms with Gasteiger partial charge in [0.2, 0.25) is 0 Å². The molecule has 3 heteroatoms. The normalized spacial score (nSPS) is 26.0. The van der Waals surface area contributed by atoms with Gasteiger partial charge in [0, 0.05) is 29.4 Å². The summed E-state index contributed by atoms with van der Waals surface area (Å²) in [6, 6.07) is 0.0230. The molecule has 1 atom stereocenters. The van der Waals surface area contributed by atoms with Crippen molar-refractivity contribution in [2.75, 3.05) is 0 Å². The summed E-state index contributed by atoms with van der Waals surface area (Å²) in [5.41, 5.74) is 8.02. The van der Waals surface area contributed by atoms with Crippen LogP contribution in [0.3, 0.4) is 0 Å². The van der Waals surface area contributed by atoms with Crippen molar-refractivity contribution in [3.63, 3.8) is 0 Å². The van der Waals surface area contributed by atoms with E-state index in [0.29, 0.717) is 5.92 Å². The van der Waals surface area contributed by atoms with E-state index in [1.54, 1.807) is 0 Å². The second-order valence-electron chi connectivity index (χ2n) is 5.68. The van der Waals surface area contributed by atoms with Crippen LogP contribution in [0.5, 0.6) is 0 Å². The van der Waals surface area contributed by atoms with E-state index in [9.17, 15) is 0 Å². The summed E-state index contributed by atoms with van der Waals surface area (Å²) < 4.78 is 0. The molecule has 3 nitrogen and oxygen atoms in total. The van der Waals surface area contributed by atoms with Gasteiger partial charge in [-0.1, -0.05) is 13.3 Å². The van der Waals surface area contributed by atoms with Crippen LogP contribution >= 0.6 is 0 Å². The van der Waals surface area contributed by atoms with Gasteiger partial charge in [0.25, 0.3) is 0 Å². The zero-order valence-electron chi connectivity index (χ0n) is 11.8. The molecule has 1 aliphatic carbocycles. The van der Waals surface area contributed by atoms with Crippen molar-refractivity contribution in [1.82, 2.24) is 9.97 Å². The van der Waals surface area contributed by atoms with E-state index in [1.165, 1.54) is 32.1 Å². The number of hydrogen-bond donors (Lipinski definition) is 1. The number of nitrogens with two attached hydrogens (primary N) is 1. The van der Waals surface area contributed by atoms with E-state index in [1.807, 2.05) is 20.0 Å². The lowest BCUT2D eigenvalue weighted by molar-refractivity contribution is 0.312. The molecule has 2 rings (SSSR count). The molecule has 1 fully saturated rings. The first-order valence-electron chi connectivity index (χ1n) is 7.20. The third-order valence-corrected chi connectivity index (χ3v) is 4.32. The Morgan fingerprint density at radius 2 is 2.00 bits per heavy atom. The van der Waals surface area contributed by atoms with Crippen molar-refractivity contribution in [2.24, 2.45) is 11.7 Å². The molecule has 1 aliphatic rings. The predicted molar refractivity (Wildman–Crippen MR) is 74.4 cm³/mol. The van der Waals surface area contributed by atoms with Crippen LogP contribution in [0.4, 0.5) is 0 Å². The van der Waals surface area contributed by atoms with Crippen molar-refractivity contribution in [2.45, 2.75) is 64.8 Å². The van der Waals surface area contributed by atoms with E-state index in [2.05, 4.69) is 16.9 Å². The minimum atomic E-state index is 0.0230. The molecule has 0 unspecified atom stereocenters. The number of rotatable bonds is 3. The molecule has 0 amide bonds. The SMILES string of the molecule is CCC1CCC(c2ncc([C@@H](C)N)c(C)n2)CC1. The Hall–Kier alpha value is -0.960. The topological polar surface area (TPSA) is 51.8 Å². The van der Waals surface area contributed by atoms with Gasteiger partial charge in [-0.3, -0.25) is 0 Å². The largest absolute Gasteiger partial charge is 0.324 e. The fourth-order valence-electron chi connectivity index (χ4n) is 2.97. The first-order chi connectivity index (χ1) is 8.61. The monoisotopic (exact) mass is 247 g/mol. The van der Waals surface area contributed by atoms with E-state index in [0.717, 1.165) is 23.0 Å². The van der Waals surface area contributed by atoms with Crippen LogP contribution in [-0.2, 0) is 0 Å². The highest BCUT2D eigenvalue weighted by Crippen LogP contribution is 2.35. The van der Waals surface area contributed by atoms with Gasteiger partial charge in [0.05, 0.1) is 0 Å². The van der Waals surface area contributed by atoms with Gasteiger partial charge in [-0.25, -0.2) is 9.97 Å². The lowest BCUT2D eigenvalue weighted by Gasteiger charge is -2.27. The summed E-state index contributed by atoms with van der Waals surface area (Å²) in [6.07, 6.45) is 8.40. The average Bonchev–Trinajstić information content (AvgIpc) is 2.38. The van der Waals surface area contributed by atoms with Gasteiger partial charge in [0.1, 0.15) is 5.82 Å². The van der Waals surface area contributed by atoms with Gasteiger partial charge in [-0.15, -0.1) is 0 Å². The summed E-state index contributed by atoms with van der Waals surface area (Å²) >= 11 is 0. The van der Waals surface area contributed by atoms with E-state index >= 15 is 0 Å². The lowest BCUT2D eigenvalue weighted by Crippen LogP contribution is -2.16. The van der Waals surface area contributed by atoms with Crippen LogP contribution in [0.25, 0.3) is 0 Å². The molecular formula is C15H25N3. The maximum Gasteiger partial charge on any atom is 0.131 e. The van der Waals surface area contributed by atoms with Crippen LogP contribution in [0.15, 0.2) is 6.20 Å². The van der Waals surface area contributed by atoms with Crippen molar-refractivity contribution in [3.8, 4) is 0 Å². The Kier molecular flexibility index (Phi) is 4.33. The van der Waals surface area contributed by atoms with Crippen LogP contribution < -0.4 is 5.73 Å². The molecule has 0 aromatic carbocycles. The minimum Gasteiger partial charge on any atom is -0.324 e. The fraction of sp³-hybridized carbons (Fsp3) is 0.733. The van der Waals surface area contributed by atoms with Crippen LogP contribution in [-0.4, -0.2) is 9.97 Å². The quantitative estimate of drug-likeness (QED) is 0.889.